The predicted octanol–water partition coefficient (Wildman–Crippen LogP) is 5.80. The number of rotatable bonds is 8. The van der Waals surface area contributed by atoms with Crippen LogP contribution in [-0.4, -0.2) is 61.5 Å². The van der Waals surface area contributed by atoms with Crippen molar-refractivity contribution in [2.75, 3.05) is 20.2 Å². The predicted molar refractivity (Wildman–Crippen MR) is 159 cm³/mol. The third-order valence-electron chi connectivity index (χ3n) is 7.79. The minimum Gasteiger partial charge on any atom is -0.507 e. The van der Waals surface area contributed by atoms with Crippen molar-refractivity contribution in [1.29, 1.82) is 0 Å². The fraction of sp³-hybridized carbons (Fsp3) is 0.355. The number of methoxy groups -OCH3 is 1. The molecule has 0 spiro atoms. The quantitative estimate of drug-likeness (QED) is 0.224. The number of carbonyl (C=O) groups excluding carboxylic acids is 1. The SMILES string of the molecule is COC(=O)C(c1cc(-c2cnc(CN3CCC(c4cc5cc(-c6ccccc6O)nnc5s4)CC3)nc2)no1)C(C)C. The summed E-state index contributed by atoms with van der Waals surface area (Å²) in [4.78, 5) is 26.0. The Morgan fingerprint density at radius 3 is 2.57 bits per heavy atom. The molecule has 5 aromatic rings. The van der Waals surface area contributed by atoms with Gasteiger partial charge >= 0.3 is 5.97 Å². The van der Waals surface area contributed by atoms with Gasteiger partial charge in [0.1, 0.15) is 28.0 Å². The maximum absolute atomic E-state index is 12.2. The number of aromatic nitrogens is 5. The average molecular weight is 585 g/mol. The number of hydrogen-bond donors (Lipinski definition) is 1. The summed E-state index contributed by atoms with van der Waals surface area (Å²) >= 11 is 1.71. The first-order valence-electron chi connectivity index (χ1n) is 14.0. The molecule has 1 fully saturated rings. The van der Waals surface area contributed by atoms with Crippen LogP contribution in [-0.2, 0) is 16.1 Å². The van der Waals surface area contributed by atoms with Crippen molar-refractivity contribution in [2.24, 2.45) is 5.92 Å². The Balaban J connectivity index is 1.06. The van der Waals surface area contributed by atoms with Crippen LogP contribution >= 0.6 is 11.3 Å². The number of aromatic hydroxyl groups is 1. The molecule has 6 rings (SSSR count). The Hall–Kier alpha value is -4.22. The van der Waals surface area contributed by atoms with E-state index >= 15 is 0 Å². The van der Waals surface area contributed by atoms with E-state index in [1.165, 1.54) is 12.0 Å². The molecule has 1 saturated heterocycles. The zero-order valence-corrected chi connectivity index (χ0v) is 24.5. The molecule has 1 N–H and O–H groups in total. The van der Waals surface area contributed by atoms with E-state index in [1.54, 1.807) is 41.9 Å². The molecule has 4 aromatic heterocycles. The second kappa shape index (κ2) is 11.9. The summed E-state index contributed by atoms with van der Waals surface area (Å²) in [7, 11) is 1.37. The second-order valence-electron chi connectivity index (χ2n) is 11.0. The van der Waals surface area contributed by atoms with Crippen LogP contribution in [0, 0.1) is 5.92 Å². The van der Waals surface area contributed by atoms with Crippen molar-refractivity contribution in [3.63, 3.8) is 0 Å². The standard InChI is InChI=1S/C31H32N6O4S/c1-18(2)29(31(39)40-3)26-14-23(36-41-26)21-15-32-28(33-16-21)17-37-10-8-19(9-11-37)27-13-20-12-24(34-35-30(20)42-27)22-6-4-5-7-25(22)38/h4-7,12-16,18-19,29,38H,8-11,17H2,1-3H3. The number of para-hydroxylation sites is 1. The van der Waals surface area contributed by atoms with Gasteiger partial charge in [0.25, 0.3) is 0 Å². The number of nitrogens with zero attached hydrogens (tertiary/aromatic N) is 6. The van der Waals surface area contributed by atoms with Crippen LogP contribution in [0.3, 0.4) is 0 Å². The third kappa shape index (κ3) is 5.75. The Bertz CT molecular complexity index is 1690. The van der Waals surface area contributed by atoms with Gasteiger partial charge in [0.15, 0.2) is 5.76 Å². The van der Waals surface area contributed by atoms with Crippen molar-refractivity contribution < 1.29 is 19.2 Å². The number of esters is 1. The van der Waals surface area contributed by atoms with Gasteiger partial charge in [-0.15, -0.1) is 21.5 Å². The zero-order valence-electron chi connectivity index (χ0n) is 23.7. The van der Waals surface area contributed by atoms with Gasteiger partial charge in [-0.2, -0.15) is 0 Å². The molecule has 1 atom stereocenters. The van der Waals surface area contributed by atoms with Crippen molar-refractivity contribution in [2.45, 2.75) is 45.1 Å². The fourth-order valence-corrected chi connectivity index (χ4v) is 6.58. The first-order chi connectivity index (χ1) is 20.4. The van der Waals surface area contributed by atoms with Gasteiger partial charge in [-0.3, -0.25) is 9.69 Å². The van der Waals surface area contributed by atoms with E-state index in [-0.39, 0.29) is 17.6 Å². The maximum atomic E-state index is 12.2. The smallest absolute Gasteiger partial charge is 0.316 e. The molecule has 42 heavy (non-hydrogen) atoms. The largest absolute Gasteiger partial charge is 0.507 e. The zero-order chi connectivity index (χ0) is 29.2. The van der Waals surface area contributed by atoms with Crippen LogP contribution in [0.2, 0.25) is 0 Å². The molecular formula is C31H32N6O4S. The lowest BCUT2D eigenvalue weighted by Gasteiger charge is -2.30. The molecule has 0 saturated carbocycles. The molecule has 0 radical (unpaired) electrons. The van der Waals surface area contributed by atoms with Gasteiger partial charge in [-0.1, -0.05) is 31.1 Å². The van der Waals surface area contributed by atoms with Gasteiger partial charge in [0.2, 0.25) is 0 Å². The molecule has 11 heteroatoms. The highest BCUT2D eigenvalue weighted by molar-refractivity contribution is 7.18. The number of piperidine rings is 1. The van der Waals surface area contributed by atoms with Gasteiger partial charge in [-0.25, -0.2) is 9.97 Å². The molecule has 1 aliphatic heterocycles. The van der Waals surface area contributed by atoms with Gasteiger partial charge in [0.05, 0.1) is 19.3 Å². The van der Waals surface area contributed by atoms with E-state index < -0.39 is 5.92 Å². The summed E-state index contributed by atoms with van der Waals surface area (Å²) in [5.74, 6) is 1.05. The van der Waals surface area contributed by atoms with Gasteiger partial charge in [-0.05, 0) is 62.0 Å². The molecule has 216 valence electrons. The van der Waals surface area contributed by atoms with Crippen LogP contribution < -0.4 is 0 Å². The maximum Gasteiger partial charge on any atom is 0.316 e. The number of benzene rings is 1. The summed E-state index contributed by atoms with van der Waals surface area (Å²) in [6.07, 6.45) is 5.59. The first-order valence-corrected chi connectivity index (χ1v) is 14.8. The Morgan fingerprint density at radius 1 is 1.10 bits per heavy atom. The van der Waals surface area contributed by atoms with Crippen LogP contribution in [0.5, 0.6) is 5.75 Å². The van der Waals surface area contributed by atoms with Crippen molar-refractivity contribution in [3.05, 3.63) is 71.3 Å². The van der Waals surface area contributed by atoms with Crippen LogP contribution in [0.25, 0.3) is 32.7 Å². The summed E-state index contributed by atoms with van der Waals surface area (Å²) in [6.45, 7) is 6.47. The van der Waals surface area contributed by atoms with E-state index in [1.807, 2.05) is 32.0 Å². The Morgan fingerprint density at radius 2 is 1.86 bits per heavy atom. The molecule has 1 aromatic carbocycles. The van der Waals surface area contributed by atoms with Crippen molar-refractivity contribution >= 4 is 27.5 Å². The number of hydrogen-bond acceptors (Lipinski definition) is 11. The third-order valence-corrected chi connectivity index (χ3v) is 8.99. The average Bonchev–Trinajstić information content (AvgIpc) is 3.65. The Kier molecular flexibility index (Phi) is 7.94. The molecule has 10 nitrogen and oxygen atoms in total. The molecule has 1 unspecified atom stereocenters. The highest BCUT2D eigenvalue weighted by Gasteiger charge is 2.29. The normalized spacial score (nSPS) is 15.3. The number of fused-ring (bicyclic) bond motifs is 1. The molecule has 5 heterocycles. The summed E-state index contributed by atoms with van der Waals surface area (Å²) in [5.41, 5.74) is 2.69. The molecular weight excluding hydrogens is 552 g/mol. The Labute approximate surface area is 247 Å². The van der Waals surface area contributed by atoms with Crippen LogP contribution in [0.15, 0.2) is 59.4 Å². The molecule has 1 aliphatic rings. The molecule has 0 aliphatic carbocycles. The lowest BCUT2D eigenvalue weighted by Crippen LogP contribution is -2.32. The summed E-state index contributed by atoms with van der Waals surface area (Å²) in [6, 6.07) is 13.2. The van der Waals surface area contributed by atoms with Gasteiger partial charge < -0.3 is 14.4 Å². The lowest BCUT2D eigenvalue weighted by molar-refractivity contribution is -0.144. The van der Waals surface area contributed by atoms with Crippen molar-refractivity contribution in [1.82, 2.24) is 30.2 Å². The lowest BCUT2D eigenvalue weighted by atomic mass is 9.93. The number of phenols is 1. The van der Waals surface area contributed by atoms with E-state index in [0.717, 1.165) is 47.5 Å². The van der Waals surface area contributed by atoms with E-state index in [4.69, 9.17) is 9.26 Å². The van der Waals surface area contributed by atoms with E-state index in [2.05, 4.69) is 36.3 Å². The highest BCUT2D eigenvalue weighted by Crippen LogP contribution is 2.37. The first kappa shape index (κ1) is 27.9. The van der Waals surface area contributed by atoms with Crippen LogP contribution in [0.1, 0.15) is 55.0 Å². The number of ether oxygens (including phenoxy) is 1. The topological polar surface area (TPSA) is 127 Å². The minimum atomic E-state index is -0.513. The monoisotopic (exact) mass is 584 g/mol. The van der Waals surface area contributed by atoms with E-state index in [9.17, 15) is 9.90 Å². The van der Waals surface area contributed by atoms with Gasteiger partial charge in [0, 0.05) is 39.9 Å². The van der Waals surface area contributed by atoms with E-state index in [0.29, 0.717) is 35.2 Å². The number of carbonyl (C=O) groups is 1. The molecule has 0 bridgehead atoms. The number of thiophene rings is 1. The second-order valence-corrected chi connectivity index (χ2v) is 12.0. The van der Waals surface area contributed by atoms with Crippen LogP contribution in [0.4, 0.5) is 0 Å². The highest BCUT2D eigenvalue weighted by atomic mass is 32.1. The number of likely N-dealkylation sites (tertiary alicyclic amines) is 1. The summed E-state index contributed by atoms with van der Waals surface area (Å²) < 4.78 is 10.4. The number of phenolic OH excluding ortho intramolecular Hbond substituents is 1. The summed E-state index contributed by atoms with van der Waals surface area (Å²) in [5, 5.41) is 24.2. The fourth-order valence-electron chi connectivity index (χ4n) is 5.46. The minimum absolute atomic E-state index is 0.0106. The molecule has 0 amide bonds. The van der Waals surface area contributed by atoms with Crippen molar-refractivity contribution in [3.8, 4) is 28.3 Å².